The van der Waals surface area contributed by atoms with E-state index >= 15 is 0 Å². The van der Waals surface area contributed by atoms with E-state index in [1.807, 2.05) is 18.2 Å². The first kappa shape index (κ1) is 7.73. The number of benzene rings is 1. The highest BCUT2D eigenvalue weighted by Crippen LogP contribution is 1.98. The lowest BCUT2D eigenvalue weighted by Gasteiger charge is -1.92. The highest BCUT2D eigenvalue weighted by atomic mass is 14.7. The van der Waals surface area contributed by atoms with Gasteiger partial charge < -0.3 is 0 Å². The van der Waals surface area contributed by atoms with Gasteiger partial charge in [0, 0.05) is 6.21 Å². The molecule has 0 saturated carbocycles. The number of rotatable bonds is 3. The second-order valence-electron chi connectivity index (χ2n) is 2.21. The summed E-state index contributed by atoms with van der Waals surface area (Å²) in [4.78, 5) is 4.12. The Hall–Kier alpha value is -1.37. The molecule has 1 aromatic carbocycles. The lowest BCUT2D eigenvalue weighted by molar-refractivity contribution is 1.08. The monoisotopic (exact) mass is 145 g/mol. The van der Waals surface area contributed by atoms with Crippen LogP contribution in [-0.4, -0.2) is 6.21 Å². The molecule has 0 amide bonds. The average molecular weight is 145 g/mol. The van der Waals surface area contributed by atoms with Gasteiger partial charge in [0.2, 0.25) is 0 Å². The van der Waals surface area contributed by atoms with Crippen LogP contribution in [0.15, 0.2) is 48.0 Å². The van der Waals surface area contributed by atoms with Crippen LogP contribution in [0.3, 0.4) is 0 Å². The van der Waals surface area contributed by atoms with Gasteiger partial charge in [0.1, 0.15) is 0 Å². The predicted octanol–water partition coefficient (Wildman–Crippen LogP) is 2.44. The molecule has 1 rings (SSSR count). The first-order chi connectivity index (χ1) is 5.43. The third kappa shape index (κ3) is 2.80. The van der Waals surface area contributed by atoms with Crippen molar-refractivity contribution in [2.75, 3.05) is 0 Å². The molecule has 0 atom stereocenters. The van der Waals surface area contributed by atoms with Crippen LogP contribution in [0.2, 0.25) is 0 Å². The van der Waals surface area contributed by atoms with Crippen molar-refractivity contribution in [3.63, 3.8) is 0 Å². The number of hydrogen-bond donors (Lipinski definition) is 0. The van der Waals surface area contributed by atoms with Crippen LogP contribution >= 0.6 is 0 Å². The van der Waals surface area contributed by atoms with Crippen LogP contribution in [0, 0.1) is 0 Å². The quantitative estimate of drug-likeness (QED) is 0.579. The Morgan fingerprint density at radius 2 is 2.00 bits per heavy atom. The van der Waals surface area contributed by atoms with Crippen LogP contribution in [0.1, 0.15) is 5.56 Å². The third-order valence-electron chi connectivity index (χ3n) is 1.33. The van der Waals surface area contributed by atoms with Gasteiger partial charge in [-0.15, -0.1) is 0 Å². The van der Waals surface area contributed by atoms with Crippen LogP contribution in [0.25, 0.3) is 0 Å². The van der Waals surface area contributed by atoms with Crippen molar-refractivity contribution in [1.82, 2.24) is 0 Å². The topological polar surface area (TPSA) is 12.4 Å². The molecule has 0 heterocycles. The van der Waals surface area contributed by atoms with Gasteiger partial charge in [0.05, 0.1) is 6.54 Å². The summed E-state index contributed by atoms with van der Waals surface area (Å²) in [6, 6.07) is 10.1. The van der Waals surface area contributed by atoms with Crippen molar-refractivity contribution in [2.45, 2.75) is 6.54 Å². The first-order valence-electron chi connectivity index (χ1n) is 3.58. The Balaban J connectivity index is 2.51. The molecule has 1 nitrogen and oxygen atoms in total. The fourth-order valence-electron chi connectivity index (χ4n) is 0.816. The first-order valence-corrected chi connectivity index (χ1v) is 3.58. The molecule has 56 valence electrons. The molecular weight excluding hydrogens is 134 g/mol. The molecule has 0 unspecified atom stereocenters. The zero-order valence-electron chi connectivity index (χ0n) is 6.40. The van der Waals surface area contributed by atoms with E-state index in [-0.39, 0.29) is 0 Å². The minimum Gasteiger partial charge on any atom is -0.288 e. The lowest BCUT2D eigenvalue weighted by atomic mass is 10.2. The number of nitrogens with zero attached hydrogens (tertiary/aromatic N) is 1. The van der Waals surface area contributed by atoms with Gasteiger partial charge in [-0.25, -0.2) is 0 Å². The number of allylic oxidation sites excluding steroid dienone is 1. The summed E-state index contributed by atoms with van der Waals surface area (Å²) in [5.41, 5.74) is 1.23. The van der Waals surface area contributed by atoms with Crippen LogP contribution < -0.4 is 0 Å². The average Bonchev–Trinajstić information content (AvgIpc) is 2.07. The van der Waals surface area contributed by atoms with Crippen molar-refractivity contribution >= 4 is 6.21 Å². The highest BCUT2D eigenvalue weighted by molar-refractivity contribution is 5.69. The summed E-state index contributed by atoms with van der Waals surface area (Å²) < 4.78 is 0. The Bertz CT molecular complexity index is 236. The molecule has 0 N–H and O–H groups in total. The van der Waals surface area contributed by atoms with Crippen molar-refractivity contribution in [3.05, 3.63) is 48.6 Å². The summed E-state index contributed by atoms with van der Waals surface area (Å²) in [5, 5.41) is 0. The molecule has 1 heteroatoms. The standard InChI is InChI=1S/C10H11N/c1-2-8-11-9-10-6-4-3-5-7-10/h2-8H,1,9H2. The Morgan fingerprint density at radius 1 is 1.27 bits per heavy atom. The lowest BCUT2D eigenvalue weighted by Crippen LogP contribution is -1.78. The normalized spacial score (nSPS) is 10.2. The van der Waals surface area contributed by atoms with Gasteiger partial charge in [-0.2, -0.15) is 0 Å². The van der Waals surface area contributed by atoms with Crippen LogP contribution in [0.5, 0.6) is 0 Å². The molecule has 1 aromatic rings. The van der Waals surface area contributed by atoms with E-state index in [2.05, 4.69) is 23.7 Å². The maximum atomic E-state index is 4.12. The summed E-state index contributed by atoms with van der Waals surface area (Å²) in [5.74, 6) is 0. The fraction of sp³-hybridized carbons (Fsp3) is 0.100. The zero-order chi connectivity index (χ0) is 7.94. The molecule has 0 fully saturated rings. The SMILES string of the molecule is C=CC=NCc1ccccc1. The molecular formula is C10H11N. The van der Waals surface area contributed by atoms with E-state index in [9.17, 15) is 0 Å². The van der Waals surface area contributed by atoms with E-state index in [0.717, 1.165) is 6.54 Å². The summed E-state index contributed by atoms with van der Waals surface area (Å²) in [6.45, 7) is 4.29. The summed E-state index contributed by atoms with van der Waals surface area (Å²) in [6.07, 6.45) is 3.40. The van der Waals surface area contributed by atoms with Gasteiger partial charge in [-0.3, -0.25) is 4.99 Å². The van der Waals surface area contributed by atoms with Crippen molar-refractivity contribution in [1.29, 1.82) is 0 Å². The number of hydrogen-bond acceptors (Lipinski definition) is 1. The van der Waals surface area contributed by atoms with Crippen molar-refractivity contribution < 1.29 is 0 Å². The summed E-state index contributed by atoms with van der Waals surface area (Å²) >= 11 is 0. The van der Waals surface area contributed by atoms with E-state index in [1.54, 1.807) is 12.3 Å². The molecule has 0 spiro atoms. The molecule has 0 bridgehead atoms. The molecule has 0 aromatic heterocycles. The van der Waals surface area contributed by atoms with Gasteiger partial charge >= 0.3 is 0 Å². The smallest absolute Gasteiger partial charge is 0.0639 e. The van der Waals surface area contributed by atoms with Gasteiger partial charge in [0.15, 0.2) is 0 Å². The molecule has 0 saturated heterocycles. The molecule has 0 aliphatic rings. The van der Waals surface area contributed by atoms with E-state index in [1.165, 1.54) is 5.56 Å². The highest BCUT2D eigenvalue weighted by Gasteiger charge is 1.83. The zero-order valence-corrected chi connectivity index (χ0v) is 6.40. The van der Waals surface area contributed by atoms with E-state index in [0.29, 0.717) is 0 Å². The van der Waals surface area contributed by atoms with E-state index < -0.39 is 0 Å². The predicted molar refractivity (Wildman–Crippen MR) is 48.8 cm³/mol. The molecule has 0 aliphatic heterocycles. The van der Waals surface area contributed by atoms with Crippen molar-refractivity contribution in [3.8, 4) is 0 Å². The van der Waals surface area contributed by atoms with Gasteiger partial charge in [0.25, 0.3) is 0 Å². The Morgan fingerprint density at radius 3 is 2.64 bits per heavy atom. The van der Waals surface area contributed by atoms with Gasteiger partial charge in [-0.05, 0) is 5.56 Å². The van der Waals surface area contributed by atoms with Crippen molar-refractivity contribution in [2.24, 2.45) is 4.99 Å². The fourth-order valence-corrected chi connectivity index (χ4v) is 0.816. The second kappa shape index (κ2) is 4.45. The maximum absolute atomic E-state index is 4.12. The second-order valence-corrected chi connectivity index (χ2v) is 2.21. The van der Waals surface area contributed by atoms with E-state index in [4.69, 9.17) is 0 Å². The largest absolute Gasteiger partial charge is 0.288 e. The Kier molecular flexibility index (Phi) is 3.13. The third-order valence-corrected chi connectivity index (χ3v) is 1.33. The molecule has 0 aliphatic carbocycles. The number of aliphatic imine (C=N–C) groups is 1. The maximum Gasteiger partial charge on any atom is 0.0639 e. The minimum atomic E-state index is 0.743. The molecule has 11 heavy (non-hydrogen) atoms. The van der Waals surface area contributed by atoms with Crippen LogP contribution in [-0.2, 0) is 6.54 Å². The van der Waals surface area contributed by atoms with Gasteiger partial charge in [-0.1, -0.05) is 43.0 Å². The Labute approximate surface area is 67.1 Å². The molecule has 0 radical (unpaired) electrons. The van der Waals surface area contributed by atoms with Crippen LogP contribution in [0.4, 0.5) is 0 Å². The minimum absolute atomic E-state index is 0.743. The summed E-state index contributed by atoms with van der Waals surface area (Å²) in [7, 11) is 0.